The van der Waals surface area contributed by atoms with Gasteiger partial charge in [0.05, 0.1) is 12.1 Å². The molecule has 6 nitrogen and oxygen atoms in total. The average molecular weight is 381 g/mol. The summed E-state index contributed by atoms with van der Waals surface area (Å²) in [5.74, 6) is 0.673. The summed E-state index contributed by atoms with van der Waals surface area (Å²) in [5.41, 5.74) is 2.24. The Balaban J connectivity index is 1.30. The summed E-state index contributed by atoms with van der Waals surface area (Å²) in [7, 11) is 0. The van der Waals surface area contributed by atoms with Gasteiger partial charge in [-0.25, -0.2) is 4.79 Å². The lowest BCUT2D eigenvalue weighted by molar-refractivity contribution is -0.130. The molecular weight excluding hydrogens is 358 g/mol. The van der Waals surface area contributed by atoms with Gasteiger partial charge in [-0.15, -0.1) is 0 Å². The van der Waals surface area contributed by atoms with Gasteiger partial charge in [-0.05, 0) is 31.5 Å². The third kappa shape index (κ3) is 3.67. The molecule has 0 aliphatic carbocycles. The van der Waals surface area contributed by atoms with Crippen LogP contribution in [0.3, 0.4) is 0 Å². The Labute approximate surface area is 163 Å². The number of rotatable bonds is 5. The van der Waals surface area contributed by atoms with Gasteiger partial charge in [0.1, 0.15) is 12.2 Å². The summed E-state index contributed by atoms with van der Waals surface area (Å²) < 4.78 is 17.0. The maximum atomic E-state index is 12.4. The lowest BCUT2D eigenvalue weighted by Gasteiger charge is -2.23. The standard InChI is InChI=1S/C22H23NO5/c1-22(2)13-15-7-5-9-17(19(15)28-22)26-11-10-23-20(24)18-12-14-6-3-4-8-16(14)21(25)27-18/h3-9,18H,10-13H2,1-2H3,(H,23,24)/t18-/m0/s1. The van der Waals surface area contributed by atoms with Crippen LogP contribution in [-0.2, 0) is 22.4 Å². The van der Waals surface area contributed by atoms with Crippen LogP contribution in [0.1, 0.15) is 35.3 Å². The topological polar surface area (TPSA) is 73.9 Å². The van der Waals surface area contributed by atoms with E-state index >= 15 is 0 Å². The average Bonchev–Trinajstić information content (AvgIpc) is 2.99. The molecule has 28 heavy (non-hydrogen) atoms. The fraction of sp³-hybridized carbons (Fsp3) is 0.364. The van der Waals surface area contributed by atoms with E-state index in [0.29, 0.717) is 30.9 Å². The van der Waals surface area contributed by atoms with E-state index in [0.717, 1.165) is 23.3 Å². The molecule has 0 unspecified atom stereocenters. The SMILES string of the molecule is CC1(C)Cc2cccc(OCCNC(=O)[C@@H]3Cc4ccccc4C(=O)O3)c2O1. The monoisotopic (exact) mass is 381 g/mol. The zero-order chi connectivity index (χ0) is 19.7. The highest BCUT2D eigenvalue weighted by molar-refractivity contribution is 5.95. The van der Waals surface area contributed by atoms with Crippen LogP contribution in [0.5, 0.6) is 11.5 Å². The number of nitrogens with one attached hydrogen (secondary N) is 1. The summed E-state index contributed by atoms with van der Waals surface area (Å²) in [4.78, 5) is 24.4. The first-order valence-electron chi connectivity index (χ1n) is 9.43. The van der Waals surface area contributed by atoms with Gasteiger partial charge in [0.2, 0.25) is 0 Å². The van der Waals surface area contributed by atoms with Crippen LogP contribution in [0, 0.1) is 0 Å². The molecule has 0 radical (unpaired) electrons. The van der Waals surface area contributed by atoms with E-state index in [2.05, 4.69) is 5.32 Å². The molecule has 2 aliphatic rings. The molecule has 1 N–H and O–H groups in total. The normalized spacial score (nSPS) is 19.1. The number of benzene rings is 2. The third-order valence-corrected chi connectivity index (χ3v) is 4.90. The highest BCUT2D eigenvalue weighted by Gasteiger charge is 2.33. The summed E-state index contributed by atoms with van der Waals surface area (Å²) in [6.07, 6.45) is 0.404. The van der Waals surface area contributed by atoms with Crippen LogP contribution in [0.4, 0.5) is 0 Å². The molecule has 0 bridgehead atoms. The van der Waals surface area contributed by atoms with E-state index in [1.165, 1.54) is 0 Å². The van der Waals surface area contributed by atoms with E-state index in [9.17, 15) is 9.59 Å². The summed E-state index contributed by atoms with van der Waals surface area (Å²) in [6, 6.07) is 13.0. The first kappa shape index (κ1) is 18.3. The molecule has 1 atom stereocenters. The molecule has 2 aromatic carbocycles. The second-order valence-electron chi connectivity index (χ2n) is 7.68. The molecular formula is C22H23NO5. The van der Waals surface area contributed by atoms with Crippen molar-refractivity contribution < 1.29 is 23.8 Å². The first-order chi connectivity index (χ1) is 13.4. The zero-order valence-electron chi connectivity index (χ0n) is 16.0. The van der Waals surface area contributed by atoms with Crippen molar-refractivity contribution in [1.82, 2.24) is 5.32 Å². The molecule has 0 saturated heterocycles. The van der Waals surface area contributed by atoms with Gasteiger partial charge in [0, 0.05) is 18.4 Å². The molecule has 0 fully saturated rings. The number of para-hydroxylation sites is 1. The number of fused-ring (bicyclic) bond motifs is 2. The number of ether oxygens (including phenoxy) is 3. The number of hydrogen-bond acceptors (Lipinski definition) is 5. The minimum atomic E-state index is -0.812. The van der Waals surface area contributed by atoms with Crippen molar-refractivity contribution in [3.05, 3.63) is 59.2 Å². The number of amides is 1. The van der Waals surface area contributed by atoms with Gasteiger partial charge in [-0.3, -0.25) is 4.79 Å². The Hall–Kier alpha value is -3.02. The summed E-state index contributed by atoms with van der Waals surface area (Å²) in [6.45, 7) is 4.69. The summed E-state index contributed by atoms with van der Waals surface area (Å²) >= 11 is 0. The lowest BCUT2D eigenvalue weighted by atomic mass is 9.98. The van der Waals surface area contributed by atoms with Gasteiger partial charge < -0.3 is 19.5 Å². The quantitative estimate of drug-likeness (QED) is 0.637. The molecule has 0 aromatic heterocycles. The number of carbonyl (C=O) groups is 2. The lowest BCUT2D eigenvalue weighted by Crippen LogP contribution is -2.43. The minimum Gasteiger partial charge on any atom is -0.488 e. The predicted molar refractivity (Wildman–Crippen MR) is 103 cm³/mol. The highest BCUT2D eigenvalue weighted by atomic mass is 16.6. The molecule has 6 heteroatoms. The van der Waals surface area contributed by atoms with Crippen molar-refractivity contribution in [2.45, 2.75) is 38.4 Å². The number of cyclic esters (lactones) is 1. The molecule has 0 spiro atoms. The van der Waals surface area contributed by atoms with Gasteiger partial charge in [0.15, 0.2) is 17.6 Å². The Morgan fingerprint density at radius 2 is 1.96 bits per heavy atom. The van der Waals surface area contributed by atoms with Crippen LogP contribution in [0.25, 0.3) is 0 Å². The van der Waals surface area contributed by atoms with Crippen molar-refractivity contribution in [3.63, 3.8) is 0 Å². The maximum absolute atomic E-state index is 12.4. The van der Waals surface area contributed by atoms with E-state index < -0.39 is 12.1 Å². The Morgan fingerprint density at radius 3 is 2.82 bits per heavy atom. The van der Waals surface area contributed by atoms with Crippen LogP contribution >= 0.6 is 0 Å². The fourth-order valence-corrected chi connectivity index (χ4v) is 3.63. The molecule has 2 heterocycles. The van der Waals surface area contributed by atoms with Crippen molar-refractivity contribution in [2.24, 2.45) is 0 Å². The minimum absolute atomic E-state index is 0.239. The number of hydrogen-bond donors (Lipinski definition) is 1. The molecule has 146 valence electrons. The predicted octanol–water partition coefficient (Wildman–Crippen LogP) is 2.68. The first-order valence-corrected chi connectivity index (χ1v) is 9.43. The highest BCUT2D eigenvalue weighted by Crippen LogP contribution is 2.41. The molecule has 1 amide bonds. The van der Waals surface area contributed by atoms with E-state index in [1.54, 1.807) is 12.1 Å². The number of esters is 1. The Kier molecular flexibility index (Phi) is 4.71. The molecule has 2 aliphatic heterocycles. The van der Waals surface area contributed by atoms with Gasteiger partial charge in [0.25, 0.3) is 5.91 Å². The Bertz CT molecular complexity index is 921. The van der Waals surface area contributed by atoms with E-state index in [1.807, 2.05) is 44.2 Å². The number of carbonyl (C=O) groups excluding carboxylic acids is 2. The van der Waals surface area contributed by atoms with Gasteiger partial charge in [-0.1, -0.05) is 30.3 Å². The van der Waals surface area contributed by atoms with Crippen molar-refractivity contribution >= 4 is 11.9 Å². The van der Waals surface area contributed by atoms with Gasteiger partial charge >= 0.3 is 5.97 Å². The molecule has 0 saturated carbocycles. The second kappa shape index (κ2) is 7.19. The third-order valence-electron chi connectivity index (χ3n) is 4.90. The maximum Gasteiger partial charge on any atom is 0.339 e. The van der Waals surface area contributed by atoms with Gasteiger partial charge in [-0.2, -0.15) is 0 Å². The van der Waals surface area contributed by atoms with Crippen molar-refractivity contribution in [3.8, 4) is 11.5 Å². The van der Waals surface area contributed by atoms with E-state index in [-0.39, 0.29) is 11.5 Å². The molecule has 2 aromatic rings. The van der Waals surface area contributed by atoms with Crippen LogP contribution in [-0.4, -0.2) is 36.7 Å². The largest absolute Gasteiger partial charge is 0.488 e. The smallest absolute Gasteiger partial charge is 0.339 e. The van der Waals surface area contributed by atoms with E-state index in [4.69, 9.17) is 14.2 Å². The second-order valence-corrected chi connectivity index (χ2v) is 7.68. The fourth-order valence-electron chi connectivity index (χ4n) is 3.63. The van der Waals surface area contributed by atoms with Crippen LogP contribution in [0.2, 0.25) is 0 Å². The van der Waals surface area contributed by atoms with Crippen molar-refractivity contribution in [2.75, 3.05) is 13.2 Å². The van der Waals surface area contributed by atoms with Crippen molar-refractivity contribution in [1.29, 1.82) is 0 Å². The Morgan fingerprint density at radius 1 is 1.18 bits per heavy atom. The molecule has 4 rings (SSSR count). The summed E-state index contributed by atoms with van der Waals surface area (Å²) in [5, 5.41) is 2.78. The van der Waals surface area contributed by atoms with Crippen LogP contribution in [0.15, 0.2) is 42.5 Å². The van der Waals surface area contributed by atoms with Crippen LogP contribution < -0.4 is 14.8 Å². The zero-order valence-corrected chi connectivity index (χ0v) is 16.0.